The Labute approximate surface area is 168 Å². The lowest BCUT2D eigenvalue weighted by Gasteiger charge is -2.11. The molecule has 1 amide bonds. The molecule has 0 aliphatic carbocycles. The van der Waals surface area contributed by atoms with Crippen molar-refractivity contribution >= 4 is 22.4 Å². The van der Waals surface area contributed by atoms with Crippen LogP contribution < -0.4 is 15.6 Å². The average Bonchev–Trinajstić information content (AvgIpc) is 3.27. The van der Waals surface area contributed by atoms with Crippen LogP contribution in [0, 0.1) is 0 Å². The predicted molar refractivity (Wildman–Crippen MR) is 114 cm³/mol. The lowest BCUT2D eigenvalue weighted by Crippen LogP contribution is -2.36. The third-order valence-electron chi connectivity index (χ3n) is 4.63. The van der Waals surface area contributed by atoms with Crippen molar-refractivity contribution in [2.75, 3.05) is 7.11 Å². The van der Waals surface area contributed by atoms with E-state index >= 15 is 0 Å². The molecule has 3 aromatic carbocycles. The molecule has 0 aliphatic heterocycles. The number of carbonyl (C=O) groups excluding carboxylic acids is 1. The number of nitrogens with one attached hydrogen (secondary N) is 3. The van der Waals surface area contributed by atoms with Crippen molar-refractivity contribution in [2.45, 2.75) is 0 Å². The molecule has 0 spiro atoms. The number of carbonyl (C=O) groups is 1. The van der Waals surface area contributed by atoms with Gasteiger partial charge in [-0.2, -0.15) is 5.10 Å². The largest absolute Gasteiger partial charge is 0.497 e. The molecule has 144 valence electrons. The molecular formula is C23H20N4O2. The highest BCUT2D eigenvalue weighted by atomic mass is 16.5. The van der Waals surface area contributed by atoms with Crippen LogP contribution in [0.15, 0.2) is 79.4 Å². The number of aromatic nitrogens is 2. The molecule has 0 unspecified atom stereocenters. The van der Waals surface area contributed by atoms with Crippen LogP contribution in [0.1, 0.15) is 16.1 Å². The topological polar surface area (TPSA) is 79.0 Å². The molecule has 1 aromatic heterocycles. The second-order valence-corrected chi connectivity index (χ2v) is 6.51. The smallest absolute Gasteiger partial charge is 0.287 e. The highest BCUT2D eigenvalue weighted by molar-refractivity contribution is 5.94. The van der Waals surface area contributed by atoms with Crippen molar-refractivity contribution in [3.8, 4) is 17.0 Å². The minimum absolute atomic E-state index is 0.334. The fourth-order valence-electron chi connectivity index (χ4n) is 3.00. The highest BCUT2D eigenvalue weighted by Gasteiger charge is 2.12. The first-order valence-electron chi connectivity index (χ1n) is 9.08. The van der Waals surface area contributed by atoms with Gasteiger partial charge in [0, 0.05) is 5.56 Å². The molecule has 0 atom stereocenters. The molecule has 3 N–H and O–H groups in total. The number of nitrogens with zero attached hydrogens (tertiary/aromatic N) is 1. The van der Waals surface area contributed by atoms with Crippen LogP contribution in [0.2, 0.25) is 0 Å². The molecule has 6 heteroatoms. The van der Waals surface area contributed by atoms with Gasteiger partial charge in [0.2, 0.25) is 0 Å². The maximum absolute atomic E-state index is 12.4. The van der Waals surface area contributed by atoms with Gasteiger partial charge in [-0.3, -0.25) is 20.7 Å². The third-order valence-corrected chi connectivity index (χ3v) is 4.63. The molecule has 29 heavy (non-hydrogen) atoms. The number of benzene rings is 3. The van der Waals surface area contributed by atoms with E-state index in [-0.39, 0.29) is 5.91 Å². The Morgan fingerprint density at radius 3 is 2.48 bits per heavy atom. The molecule has 0 bridgehead atoms. The maximum atomic E-state index is 12.4. The zero-order valence-corrected chi connectivity index (χ0v) is 15.9. The van der Waals surface area contributed by atoms with Gasteiger partial charge in [0.05, 0.1) is 18.5 Å². The minimum atomic E-state index is -0.334. The van der Waals surface area contributed by atoms with Crippen molar-refractivity contribution in [3.05, 3.63) is 90.6 Å². The van der Waals surface area contributed by atoms with E-state index in [0.717, 1.165) is 27.6 Å². The second-order valence-electron chi connectivity index (χ2n) is 6.51. The molecule has 4 aromatic rings. The van der Waals surface area contributed by atoms with Crippen molar-refractivity contribution in [1.29, 1.82) is 0 Å². The second kappa shape index (κ2) is 7.90. The first kappa shape index (κ1) is 18.3. The Hall–Kier alpha value is -4.06. The minimum Gasteiger partial charge on any atom is -0.497 e. The lowest BCUT2D eigenvalue weighted by molar-refractivity contribution is 0.0937. The number of ether oxygens (including phenoxy) is 1. The zero-order chi connectivity index (χ0) is 20.2. The van der Waals surface area contributed by atoms with E-state index in [1.54, 1.807) is 13.2 Å². The number of amides is 1. The van der Waals surface area contributed by atoms with Gasteiger partial charge >= 0.3 is 0 Å². The number of aromatic amines is 1. The predicted octanol–water partition coefficient (Wildman–Crippen LogP) is 4.14. The van der Waals surface area contributed by atoms with E-state index in [4.69, 9.17) is 4.74 Å². The molecule has 1 heterocycles. The Morgan fingerprint density at radius 1 is 0.966 bits per heavy atom. The van der Waals surface area contributed by atoms with Crippen LogP contribution in [0.3, 0.4) is 0 Å². The van der Waals surface area contributed by atoms with Gasteiger partial charge in [-0.15, -0.1) is 0 Å². The van der Waals surface area contributed by atoms with E-state index in [1.807, 2.05) is 54.6 Å². The Kier molecular flexibility index (Phi) is 4.99. The summed E-state index contributed by atoms with van der Waals surface area (Å²) in [5, 5.41) is 9.33. The molecule has 6 nitrogen and oxygen atoms in total. The van der Waals surface area contributed by atoms with Crippen LogP contribution in [0.5, 0.6) is 5.75 Å². The Morgan fingerprint density at radius 2 is 1.72 bits per heavy atom. The van der Waals surface area contributed by atoms with Crippen LogP contribution in [0.25, 0.3) is 27.7 Å². The molecule has 4 rings (SSSR count). The highest BCUT2D eigenvalue weighted by Crippen LogP contribution is 2.23. The summed E-state index contributed by atoms with van der Waals surface area (Å²) in [6.45, 7) is 3.94. The summed E-state index contributed by atoms with van der Waals surface area (Å²) < 4.78 is 5.14. The van der Waals surface area contributed by atoms with Crippen molar-refractivity contribution in [2.24, 2.45) is 0 Å². The summed E-state index contributed by atoms with van der Waals surface area (Å²) in [6.07, 6.45) is 0. The number of methoxy groups -OCH3 is 1. The van der Waals surface area contributed by atoms with Gasteiger partial charge in [0.25, 0.3) is 5.91 Å². The SMILES string of the molecule is C=C(NNC(=O)c1cc(-c2ccc3ccccc3c2)n[nH]1)c1ccc(OC)cc1. The van der Waals surface area contributed by atoms with Crippen LogP contribution >= 0.6 is 0 Å². The number of rotatable bonds is 6. The summed E-state index contributed by atoms with van der Waals surface area (Å²) in [7, 11) is 1.61. The molecule has 0 fully saturated rings. The zero-order valence-electron chi connectivity index (χ0n) is 15.9. The van der Waals surface area contributed by atoms with Crippen molar-refractivity contribution in [3.63, 3.8) is 0 Å². The van der Waals surface area contributed by atoms with Crippen LogP contribution in [0.4, 0.5) is 0 Å². The van der Waals surface area contributed by atoms with E-state index in [9.17, 15) is 4.79 Å². The first-order valence-corrected chi connectivity index (χ1v) is 9.08. The monoisotopic (exact) mass is 384 g/mol. The van der Waals surface area contributed by atoms with E-state index in [1.165, 1.54) is 0 Å². The fraction of sp³-hybridized carbons (Fsp3) is 0.0435. The van der Waals surface area contributed by atoms with Gasteiger partial charge in [-0.05, 0) is 52.7 Å². The molecule has 0 radical (unpaired) electrons. The molecule has 0 saturated carbocycles. The van der Waals surface area contributed by atoms with Gasteiger partial charge in [-0.25, -0.2) is 0 Å². The molecular weight excluding hydrogens is 364 g/mol. The summed E-state index contributed by atoms with van der Waals surface area (Å²) in [4.78, 5) is 12.4. The molecule has 0 aliphatic rings. The fourth-order valence-corrected chi connectivity index (χ4v) is 3.00. The number of hydrogen-bond acceptors (Lipinski definition) is 4. The number of fused-ring (bicyclic) bond motifs is 1. The van der Waals surface area contributed by atoms with Crippen LogP contribution in [-0.2, 0) is 0 Å². The summed E-state index contributed by atoms with van der Waals surface area (Å²) >= 11 is 0. The standard InChI is InChI=1S/C23H20N4O2/c1-15(16-9-11-20(29-2)12-10-16)24-27-23(28)22-14-21(25-26-22)19-8-7-17-5-3-4-6-18(17)13-19/h3-14,24H,1H2,2H3,(H,25,26)(H,27,28). The van der Waals surface area contributed by atoms with E-state index in [0.29, 0.717) is 17.1 Å². The Bertz CT molecular complexity index is 1180. The number of hydrogen-bond donors (Lipinski definition) is 3. The van der Waals surface area contributed by atoms with E-state index < -0.39 is 0 Å². The quantitative estimate of drug-likeness (QED) is 0.437. The van der Waals surface area contributed by atoms with Gasteiger partial charge in [-0.1, -0.05) is 43.0 Å². The first-order chi connectivity index (χ1) is 14.1. The van der Waals surface area contributed by atoms with E-state index in [2.05, 4.69) is 39.8 Å². The summed E-state index contributed by atoms with van der Waals surface area (Å²) in [5.41, 5.74) is 8.85. The lowest BCUT2D eigenvalue weighted by atomic mass is 10.1. The third kappa shape index (κ3) is 3.96. The van der Waals surface area contributed by atoms with Crippen LogP contribution in [-0.4, -0.2) is 23.2 Å². The Balaban J connectivity index is 1.43. The molecule has 0 saturated heterocycles. The summed E-state index contributed by atoms with van der Waals surface area (Å²) in [6, 6.07) is 23.3. The summed E-state index contributed by atoms with van der Waals surface area (Å²) in [5.74, 6) is 0.420. The van der Waals surface area contributed by atoms with Gasteiger partial charge in [0.1, 0.15) is 11.4 Å². The average molecular weight is 384 g/mol. The van der Waals surface area contributed by atoms with Gasteiger partial charge in [0.15, 0.2) is 0 Å². The maximum Gasteiger partial charge on any atom is 0.287 e. The van der Waals surface area contributed by atoms with Crippen molar-refractivity contribution < 1.29 is 9.53 Å². The van der Waals surface area contributed by atoms with Crippen molar-refractivity contribution in [1.82, 2.24) is 21.0 Å². The van der Waals surface area contributed by atoms with Gasteiger partial charge < -0.3 is 4.74 Å². The number of hydrazine groups is 1. The normalized spacial score (nSPS) is 10.5. The number of H-pyrrole nitrogens is 1.